The second-order valence-electron chi connectivity index (χ2n) is 3.37. The van der Waals surface area contributed by atoms with Gasteiger partial charge in [0, 0.05) is 0 Å². The lowest BCUT2D eigenvalue weighted by molar-refractivity contribution is -0.160. The van der Waals surface area contributed by atoms with Gasteiger partial charge in [-0.25, -0.2) is 14.6 Å². The number of alkyl carbamates (subject to hydrolysis) is 1. The highest BCUT2D eigenvalue weighted by Gasteiger charge is 2.29. The number of alkyl halides is 3. The first kappa shape index (κ1) is 15.2. The summed E-state index contributed by atoms with van der Waals surface area (Å²) >= 11 is 0.830. The van der Waals surface area contributed by atoms with Crippen molar-refractivity contribution in [1.82, 2.24) is 10.3 Å². The Morgan fingerprint density at radius 1 is 1.47 bits per heavy atom. The molecule has 2 N–H and O–H groups in total. The Bertz CT molecular complexity index is 486. The summed E-state index contributed by atoms with van der Waals surface area (Å²) in [7, 11) is 0. The molecule has 1 amide bonds. The normalized spacial score (nSPS) is 11.2. The van der Waals surface area contributed by atoms with Crippen molar-refractivity contribution >= 4 is 23.4 Å². The lowest BCUT2D eigenvalue weighted by Gasteiger charge is -2.07. The van der Waals surface area contributed by atoms with E-state index in [4.69, 9.17) is 5.11 Å². The molecule has 19 heavy (non-hydrogen) atoms. The first-order valence-electron chi connectivity index (χ1n) is 4.86. The van der Waals surface area contributed by atoms with E-state index in [1.807, 2.05) is 5.32 Å². The van der Waals surface area contributed by atoms with Crippen molar-refractivity contribution in [2.45, 2.75) is 19.6 Å². The summed E-state index contributed by atoms with van der Waals surface area (Å²) in [5.74, 6) is -1.15. The van der Waals surface area contributed by atoms with Crippen LogP contribution in [0.5, 0.6) is 0 Å². The van der Waals surface area contributed by atoms with E-state index in [1.54, 1.807) is 0 Å². The minimum atomic E-state index is -4.59. The molecule has 0 radical (unpaired) electrons. The molecule has 0 saturated carbocycles. The maximum atomic E-state index is 11.7. The zero-order chi connectivity index (χ0) is 14.6. The molecule has 0 fully saturated rings. The van der Waals surface area contributed by atoms with E-state index in [2.05, 4.69) is 9.72 Å². The third-order valence-corrected chi connectivity index (χ3v) is 2.93. The molecule has 0 aromatic carbocycles. The number of amides is 1. The van der Waals surface area contributed by atoms with Gasteiger partial charge in [0.25, 0.3) is 0 Å². The Labute approximate surface area is 109 Å². The van der Waals surface area contributed by atoms with Crippen LogP contribution in [0.3, 0.4) is 0 Å². The quantitative estimate of drug-likeness (QED) is 0.886. The number of hydrogen-bond donors (Lipinski definition) is 2. The number of nitrogens with zero attached hydrogens (tertiary/aromatic N) is 1. The summed E-state index contributed by atoms with van der Waals surface area (Å²) in [5.41, 5.74) is 0.276. The summed E-state index contributed by atoms with van der Waals surface area (Å²) in [4.78, 5) is 25.5. The van der Waals surface area contributed by atoms with E-state index in [-0.39, 0.29) is 22.1 Å². The van der Waals surface area contributed by atoms with Gasteiger partial charge in [0.2, 0.25) is 0 Å². The van der Waals surface area contributed by atoms with Gasteiger partial charge in [0.15, 0.2) is 6.61 Å². The van der Waals surface area contributed by atoms with Crippen LogP contribution in [-0.2, 0) is 11.3 Å². The van der Waals surface area contributed by atoms with E-state index in [9.17, 15) is 22.8 Å². The number of carboxylic acids is 1. The number of aryl methyl sites for hydroxylation is 1. The summed E-state index contributed by atoms with van der Waals surface area (Å²) < 4.78 is 39.1. The summed E-state index contributed by atoms with van der Waals surface area (Å²) in [5, 5.41) is 11.1. The van der Waals surface area contributed by atoms with Gasteiger partial charge in [-0.05, 0) is 6.92 Å². The summed E-state index contributed by atoms with van der Waals surface area (Å²) in [6.45, 7) is -0.406. The Kier molecular flexibility index (Phi) is 4.70. The lowest BCUT2D eigenvalue weighted by Crippen LogP contribution is -2.28. The number of carbonyl (C=O) groups is 2. The molecule has 0 aliphatic carbocycles. The molecule has 1 aromatic rings. The van der Waals surface area contributed by atoms with Crippen LogP contribution in [0.25, 0.3) is 0 Å². The Hall–Kier alpha value is -1.84. The average Bonchev–Trinajstić information content (AvgIpc) is 2.64. The fourth-order valence-electron chi connectivity index (χ4n) is 1.07. The molecule has 6 nitrogen and oxygen atoms in total. The highest BCUT2D eigenvalue weighted by atomic mass is 32.1. The zero-order valence-corrected chi connectivity index (χ0v) is 10.4. The Morgan fingerprint density at radius 3 is 2.58 bits per heavy atom. The smallest absolute Gasteiger partial charge is 0.422 e. The second-order valence-corrected chi connectivity index (χ2v) is 4.46. The van der Waals surface area contributed by atoms with Crippen LogP contribution in [0.1, 0.15) is 20.4 Å². The molecule has 0 bridgehead atoms. The van der Waals surface area contributed by atoms with Crippen LogP contribution in [-0.4, -0.2) is 34.9 Å². The Balaban J connectivity index is 2.47. The van der Waals surface area contributed by atoms with Crippen LogP contribution >= 0.6 is 11.3 Å². The highest BCUT2D eigenvalue weighted by molar-refractivity contribution is 7.13. The minimum Gasteiger partial charge on any atom is -0.477 e. The molecule has 10 heteroatoms. The van der Waals surface area contributed by atoms with Gasteiger partial charge in [-0.2, -0.15) is 13.2 Å². The molecule has 0 atom stereocenters. The molecule has 1 rings (SSSR count). The standard InChI is InChI=1S/C9H9F3N2O4S/c1-4-6(7(15)16)19-5(14-4)2-13-8(17)18-3-9(10,11)12/h2-3H2,1H3,(H,13,17)(H,15,16). The van der Waals surface area contributed by atoms with Crippen molar-refractivity contribution in [3.05, 3.63) is 15.6 Å². The number of nitrogens with one attached hydrogen (secondary N) is 1. The Morgan fingerprint density at radius 2 is 2.11 bits per heavy atom. The largest absolute Gasteiger partial charge is 0.477 e. The van der Waals surface area contributed by atoms with E-state index < -0.39 is 24.8 Å². The van der Waals surface area contributed by atoms with Crippen LogP contribution in [0.4, 0.5) is 18.0 Å². The van der Waals surface area contributed by atoms with Crippen LogP contribution in [0, 0.1) is 6.92 Å². The summed E-state index contributed by atoms with van der Waals surface area (Å²) in [6, 6.07) is 0. The number of carboxylic acid groups (broad SMARTS) is 1. The topological polar surface area (TPSA) is 88.5 Å². The van der Waals surface area contributed by atoms with Crippen LogP contribution < -0.4 is 5.32 Å². The van der Waals surface area contributed by atoms with Crippen LogP contribution in [0.15, 0.2) is 0 Å². The number of aromatic nitrogens is 1. The van der Waals surface area contributed by atoms with Crippen molar-refractivity contribution in [3.8, 4) is 0 Å². The number of thiazole rings is 1. The van der Waals surface area contributed by atoms with Gasteiger partial charge < -0.3 is 15.2 Å². The van der Waals surface area contributed by atoms with E-state index >= 15 is 0 Å². The minimum absolute atomic E-state index is 0.0143. The van der Waals surface area contributed by atoms with Crippen molar-refractivity contribution in [3.63, 3.8) is 0 Å². The molecule has 1 heterocycles. The van der Waals surface area contributed by atoms with Gasteiger partial charge >= 0.3 is 18.2 Å². The van der Waals surface area contributed by atoms with Gasteiger partial charge in [0.1, 0.15) is 9.88 Å². The van der Waals surface area contributed by atoms with Crippen LogP contribution in [0.2, 0.25) is 0 Å². The van der Waals surface area contributed by atoms with Crippen molar-refractivity contribution in [2.75, 3.05) is 6.61 Å². The van der Waals surface area contributed by atoms with Gasteiger partial charge in [0.05, 0.1) is 12.2 Å². The second kappa shape index (κ2) is 5.87. The van der Waals surface area contributed by atoms with E-state index in [0.717, 1.165) is 11.3 Å². The summed E-state index contributed by atoms with van der Waals surface area (Å²) in [6.07, 6.45) is -5.84. The fourth-order valence-corrected chi connectivity index (χ4v) is 1.92. The molecule has 1 aromatic heterocycles. The van der Waals surface area contributed by atoms with Gasteiger partial charge in [-0.1, -0.05) is 0 Å². The number of aromatic carboxylic acids is 1. The maximum Gasteiger partial charge on any atom is 0.422 e. The van der Waals surface area contributed by atoms with E-state index in [0.29, 0.717) is 0 Å². The van der Waals surface area contributed by atoms with Gasteiger partial charge in [-0.3, -0.25) is 0 Å². The third-order valence-electron chi connectivity index (χ3n) is 1.79. The lowest BCUT2D eigenvalue weighted by atomic mass is 10.4. The molecule has 0 aliphatic heterocycles. The maximum absolute atomic E-state index is 11.7. The molecule has 0 saturated heterocycles. The SMILES string of the molecule is Cc1nc(CNC(=O)OCC(F)(F)F)sc1C(=O)O. The third kappa shape index (κ3) is 5.12. The average molecular weight is 298 g/mol. The van der Waals surface area contributed by atoms with Crippen molar-refractivity contribution in [1.29, 1.82) is 0 Å². The number of rotatable bonds is 4. The van der Waals surface area contributed by atoms with E-state index in [1.165, 1.54) is 6.92 Å². The molecule has 106 valence electrons. The molecule has 0 unspecified atom stereocenters. The molecule has 0 aliphatic rings. The van der Waals surface area contributed by atoms with Crippen molar-refractivity contribution in [2.24, 2.45) is 0 Å². The number of carbonyl (C=O) groups excluding carboxylic acids is 1. The predicted molar refractivity (Wildman–Crippen MR) is 58.1 cm³/mol. The van der Waals surface area contributed by atoms with Crippen molar-refractivity contribution < 1.29 is 32.6 Å². The monoisotopic (exact) mass is 298 g/mol. The molecular formula is C9H9F3N2O4S. The molecule has 0 spiro atoms. The predicted octanol–water partition coefficient (Wildman–Crippen LogP) is 1.94. The first-order chi connectivity index (χ1) is 8.69. The van der Waals surface area contributed by atoms with Gasteiger partial charge in [-0.15, -0.1) is 11.3 Å². The first-order valence-corrected chi connectivity index (χ1v) is 5.67. The number of hydrogen-bond acceptors (Lipinski definition) is 5. The number of ether oxygens (including phenoxy) is 1. The fraction of sp³-hybridized carbons (Fsp3) is 0.444. The number of halogens is 3. The molecular weight excluding hydrogens is 289 g/mol. The highest BCUT2D eigenvalue weighted by Crippen LogP contribution is 2.18. The zero-order valence-electron chi connectivity index (χ0n) is 9.58.